The monoisotopic (exact) mass is 429 g/mol. The molecule has 0 bridgehead atoms. The number of amides is 1. The van der Waals surface area contributed by atoms with E-state index in [1.54, 1.807) is 11.8 Å². The standard InChI is InChI=1S/C21H24FN5O4/c1-12(2)31-21(29)27-8-6-14(7-9-27)25-20-24-11-16(19(23)26-20)18(28)15-10-13(22)4-5-17(15)30-3/h4-5,10-11,14H,1,6-9H2,2-3H3,(H3,23,24,25,26). The van der Waals surface area contributed by atoms with Crippen molar-refractivity contribution in [3.05, 3.63) is 53.7 Å². The third-order valence-corrected chi connectivity index (χ3v) is 4.82. The molecule has 1 fully saturated rings. The number of anilines is 2. The summed E-state index contributed by atoms with van der Waals surface area (Å²) in [6, 6.07) is 3.68. The van der Waals surface area contributed by atoms with Crippen LogP contribution in [0.15, 0.2) is 36.7 Å². The minimum atomic E-state index is -0.569. The number of ketones is 1. The van der Waals surface area contributed by atoms with Crippen molar-refractivity contribution in [1.82, 2.24) is 14.9 Å². The smallest absolute Gasteiger partial charge is 0.414 e. The Morgan fingerprint density at radius 3 is 2.61 bits per heavy atom. The minimum absolute atomic E-state index is 0.0261. The van der Waals surface area contributed by atoms with Crippen LogP contribution >= 0.6 is 0 Å². The highest BCUT2D eigenvalue weighted by molar-refractivity contribution is 6.13. The lowest BCUT2D eigenvalue weighted by Gasteiger charge is -2.31. The molecule has 164 valence electrons. The van der Waals surface area contributed by atoms with E-state index in [0.29, 0.717) is 31.7 Å². The average molecular weight is 429 g/mol. The lowest BCUT2D eigenvalue weighted by Crippen LogP contribution is -2.42. The molecule has 0 spiro atoms. The summed E-state index contributed by atoms with van der Waals surface area (Å²) in [5.41, 5.74) is 6.06. The molecule has 10 heteroatoms. The van der Waals surface area contributed by atoms with E-state index < -0.39 is 17.7 Å². The van der Waals surface area contributed by atoms with E-state index in [-0.39, 0.29) is 34.7 Å². The molecule has 0 saturated carbocycles. The third kappa shape index (κ3) is 5.27. The summed E-state index contributed by atoms with van der Waals surface area (Å²) in [5, 5.41) is 3.16. The van der Waals surface area contributed by atoms with Crippen LogP contribution in [0, 0.1) is 5.82 Å². The maximum atomic E-state index is 13.6. The lowest BCUT2D eigenvalue weighted by atomic mass is 10.0. The molecule has 1 saturated heterocycles. The van der Waals surface area contributed by atoms with Crippen molar-refractivity contribution in [1.29, 1.82) is 0 Å². The van der Waals surface area contributed by atoms with E-state index in [9.17, 15) is 14.0 Å². The summed E-state index contributed by atoms with van der Waals surface area (Å²) < 4.78 is 23.8. The molecule has 9 nitrogen and oxygen atoms in total. The minimum Gasteiger partial charge on any atom is -0.496 e. The fraction of sp³-hybridized carbons (Fsp3) is 0.333. The van der Waals surface area contributed by atoms with Gasteiger partial charge in [-0.3, -0.25) is 4.79 Å². The number of carbonyl (C=O) groups excluding carboxylic acids is 2. The van der Waals surface area contributed by atoms with Gasteiger partial charge in [0.2, 0.25) is 11.7 Å². The molecular formula is C21H24FN5O4. The number of nitrogens with two attached hydrogens (primary N) is 1. The van der Waals surface area contributed by atoms with Gasteiger partial charge in [-0.15, -0.1) is 0 Å². The average Bonchev–Trinajstić information content (AvgIpc) is 2.73. The van der Waals surface area contributed by atoms with Crippen LogP contribution in [0.25, 0.3) is 0 Å². The number of likely N-dealkylation sites (tertiary alicyclic amines) is 1. The van der Waals surface area contributed by atoms with Crippen molar-refractivity contribution in [2.45, 2.75) is 25.8 Å². The SMILES string of the molecule is C=C(C)OC(=O)N1CCC(Nc2ncc(C(=O)c3cc(F)ccc3OC)c(N)n2)CC1. The van der Waals surface area contributed by atoms with Gasteiger partial charge in [-0.25, -0.2) is 14.2 Å². The van der Waals surface area contributed by atoms with Gasteiger partial charge < -0.3 is 25.4 Å². The fourth-order valence-corrected chi connectivity index (χ4v) is 3.24. The summed E-state index contributed by atoms with van der Waals surface area (Å²) in [5.74, 6) is -0.297. The maximum Gasteiger partial charge on any atom is 0.414 e. The maximum absolute atomic E-state index is 13.6. The van der Waals surface area contributed by atoms with Gasteiger partial charge in [0.05, 0.1) is 24.0 Å². The first-order valence-corrected chi connectivity index (χ1v) is 9.68. The van der Waals surface area contributed by atoms with Gasteiger partial charge in [-0.1, -0.05) is 6.58 Å². The number of nitrogen functional groups attached to an aromatic ring is 1. The van der Waals surface area contributed by atoms with Crippen LogP contribution in [0.2, 0.25) is 0 Å². The number of carbonyl (C=O) groups is 2. The fourth-order valence-electron chi connectivity index (χ4n) is 3.24. The first kappa shape index (κ1) is 22.0. The molecule has 2 heterocycles. The first-order chi connectivity index (χ1) is 14.8. The lowest BCUT2D eigenvalue weighted by molar-refractivity contribution is 0.103. The highest BCUT2D eigenvalue weighted by atomic mass is 19.1. The van der Waals surface area contributed by atoms with Crippen molar-refractivity contribution in [3.63, 3.8) is 0 Å². The molecule has 3 N–H and O–H groups in total. The number of hydrogen-bond donors (Lipinski definition) is 2. The number of aromatic nitrogens is 2. The molecule has 0 atom stereocenters. The molecule has 31 heavy (non-hydrogen) atoms. The first-order valence-electron chi connectivity index (χ1n) is 9.68. The Labute approximate surface area is 179 Å². The number of nitrogens with zero attached hydrogens (tertiary/aromatic N) is 3. The normalized spacial score (nSPS) is 14.1. The van der Waals surface area contributed by atoms with E-state index in [4.69, 9.17) is 15.2 Å². The Bertz CT molecular complexity index is 1010. The molecule has 0 aliphatic carbocycles. The quantitative estimate of drug-likeness (QED) is 0.531. The number of methoxy groups -OCH3 is 1. The van der Waals surface area contributed by atoms with E-state index in [1.165, 1.54) is 25.4 Å². The number of benzene rings is 1. The second-order valence-electron chi connectivity index (χ2n) is 7.14. The van der Waals surface area contributed by atoms with Crippen LogP contribution in [0.3, 0.4) is 0 Å². The predicted octanol–water partition coefficient (Wildman–Crippen LogP) is 2.98. The molecule has 1 amide bonds. The second-order valence-corrected chi connectivity index (χ2v) is 7.14. The van der Waals surface area contributed by atoms with Crippen LogP contribution in [0.4, 0.5) is 21.0 Å². The van der Waals surface area contributed by atoms with Crippen molar-refractivity contribution in [3.8, 4) is 5.75 Å². The molecule has 3 rings (SSSR count). The van der Waals surface area contributed by atoms with Crippen molar-refractivity contribution in [2.75, 3.05) is 31.2 Å². The molecule has 1 aromatic heterocycles. The zero-order chi connectivity index (χ0) is 22.5. The van der Waals surface area contributed by atoms with E-state index in [1.807, 2.05) is 0 Å². The van der Waals surface area contributed by atoms with Crippen molar-refractivity contribution < 1.29 is 23.5 Å². The van der Waals surface area contributed by atoms with E-state index in [0.717, 1.165) is 6.07 Å². The summed E-state index contributed by atoms with van der Waals surface area (Å²) in [6.07, 6.45) is 2.21. The molecular weight excluding hydrogens is 405 g/mol. The van der Waals surface area contributed by atoms with E-state index in [2.05, 4.69) is 21.9 Å². The summed E-state index contributed by atoms with van der Waals surface area (Å²) >= 11 is 0. The Balaban J connectivity index is 1.66. The van der Waals surface area contributed by atoms with Crippen molar-refractivity contribution >= 4 is 23.6 Å². The highest BCUT2D eigenvalue weighted by Crippen LogP contribution is 2.25. The zero-order valence-electron chi connectivity index (χ0n) is 17.4. The molecule has 0 radical (unpaired) electrons. The van der Waals surface area contributed by atoms with Crippen LogP contribution < -0.4 is 15.8 Å². The number of hydrogen-bond acceptors (Lipinski definition) is 8. The Morgan fingerprint density at radius 2 is 2.00 bits per heavy atom. The largest absolute Gasteiger partial charge is 0.496 e. The summed E-state index contributed by atoms with van der Waals surface area (Å²) in [6.45, 7) is 6.20. The van der Waals surface area contributed by atoms with E-state index >= 15 is 0 Å². The number of piperidine rings is 1. The van der Waals surface area contributed by atoms with Crippen molar-refractivity contribution in [2.24, 2.45) is 0 Å². The zero-order valence-corrected chi connectivity index (χ0v) is 17.4. The number of halogens is 1. The molecule has 1 aromatic carbocycles. The van der Waals surface area contributed by atoms with Gasteiger partial charge >= 0.3 is 6.09 Å². The van der Waals surface area contributed by atoms with Crippen LogP contribution in [-0.2, 0) is 4.74 Å². The Kier molecular flexibility index (Phi) is 6.68. The predicted molar refractivity (Wildman–Crippen MR) is 112 cm³/mol. The van der Waals surface area contributed by atoms with Crippen LogP contribution in [0.1, 0.15) is 35.7 Å². The van der Waals surface area contributed by atoms with Gasteiger partial charge in [-0.2, -0.15) is 4.98 Å². The molecule has 1 aliphatic heterocycles. The Hall–Kier alpha value is -3.69. The number of allylic oxidation sites excluding steroid dienone is 1. The molecule has 1 aliphatic rings. The van der Waals surface area contributed by atoms with Gasteiger partial charge in [0.1, 0.15) is 17.4 Å². The van der Waals surface area contributed by atoms with Gasteiger partial charge in [0, 0.05) is 25.3 Å². The number of rotatable bonds is 6. The number of ether oxygens (including phenoxy) is 2. The van der Waals surface area contributed by atoms with Gasteiger partial charge in [0.25, 0.3) is 0 Å². The summed E-state index contributed by atoms with van der Waals surface area (Å²) in [4.78, 5) is 34.7. The van der Waals surface area contributed by atoms with Gasteiger partial charge in [0.15, 0.2) is 0 Å². The second kappa shape index (κ2) is 9.41. The molecule has 0 unspecified atom stereocenters. The summed E-state index contributed by atoms with van der Waals surface area (Å²) in [7, 11) is 1.39. The topological polar surface area (TPSA) is 120 Å². The third-order valence-electron chi connectivity index (χ3n) is 4.82. The number of nitrogens with one attached hydrogen (secondary N) is 1. The van der Waals surface area contributed by atoms with Crippen LogP contribution in [0.5, 0.6) is 5.75 Å². The molecule has 2 aromatic rings. The highest BCUT2D eigenvalue weighted by Gasteiger charge is 2.25. The van der Waals surface area contributed by atoms with Gasteiger partial charge in [-0.05, 0) is 38.0 Å². The van der Waals surface area contributed by atoms with Crippen LogP contribution in [-0.4, -0.2) is 53.0 Å². The Morgan fingerprint density at radius 1 is 1.29 bits per heavy atom.